The van der Waals surface area contributed by atoms with Crippen LogP contribution < -0.4 is 11.1 Å². The minimum absolute atomic E-state index is 0.0752. The Labute approximate surface area is 145 Å². The summed E-state index contributed by atoms with van der Waals surface area (Å²) < 4.78 is 45.9. The number of amides is 1. The number of nitriles is 1. The smallest absolute Gasteiger partial charge is 0.418 e. The Morgan fingerprint density at radius 3 is 2.50 bits per heavy atom. The Balaban J connectivity index is 2.78. The van der Waals surface area contributed by atoms with Crippen LogP contribution in [-0.4, -0.2) is 23.6 Å². The normalized spacial score (nSPS) is 10.9. The number of nitrogens with one attached hydrogen (secondary N) is 1. The van der Waals surface area contributed by atoms with E-state index in [0.29, 0.717) is 0 Å². The molecule has 0 aliphatic carbocycles. The molecule has 1 aromatic heterocycles. The van der Waals surface area contributed by atoms with Crippen molar-refractivity contribution in [1.82, 2.24) is 4.57 Å². The van der Waals surface area contributed by atoms with Crippen molar-refractivity contribution in [2.75, 3.05) is 18.2 Å². The summed E-state index contributed by atoms with van der Waals surface area (Å²) in [5.74, 6) is -1.54. The Hall–Kier alpha value is -3.48. The predicted octanol–water partition coefficient (Wildman–Crippen LogP) is 2.69. The van der Waals surface area contributed by atoms with E-state index in [1.807, 2.05) is 0 Å². The highest BCUT2D eigenvalue weighted by Crippen LogP contribution is 2.37. The number of nitrogen functional groups attached to an aromatic ring is 1. The molecule has 2 aromatic rings. The van der Waals surface area contributed by atoms with Crippen molar-refractivity contribution in [3.05, 3.63) is 41.2 Å². The van der Waals surface area contributed by atoms with E-state index >= 15 is 0 Å². The maximum Gasteiger partial charge on any atom is 0.418 e. The van der Waals surface area contributed by atoms with Gasteiger partial charge in [0.1, 0.15) is 6.07 Å². The fourth-order valence-corrected chi connectivity index (χ4v) is 2.36. The number of rotatable bonds is 3. The third-order valence-corrected chi connectivity index (χ3v) is 3.43. The molecule has 0 saturated carbocycles. The van der Waals surface area contributed by atoms with Crippen LogP contribution in [0, 0.1) is 11.3 Å². The van der Waals surface area contributed by atoms with Crippen molar-refractivity contribution in [3.8, 4) is 11.8 Å². The number of halogens is 3. The number of carbonyl (C=O) groups excluding carboxylic acids is 2. The highest BCUT2D eigenvalue weighted by atomic mass is 19.4. The molecule has 0 spiro atoms. The zero-order valence-electron chi connectivity index (χ0n) is 13.6. The Bertz CT molecular complexity index is 926. The molecule has 0 aliphatic rings. The van der Waals surface area contributed by atoms with Gasteiger partial charge < -0.3 is 20.4 Å². The first kappa shape index (κ1) is 18.9. The van der Waals surface area contributed by atoms with Gasteiger partial charge >= 0.3 is 12.1 Å². The van der Waals surface area contributed by atoms with Crippen LogP contribution in [0.2, 0.25) is 0 Å². The van der Waals surface area contributed by atoms with Crippen LogP contribution >= 0.6 is 0 Å². The maximum absolute atomic E-state index is 13.5. The molecule has 0 saturated heterocycles. The van der Waals surface area contributed by atoms with Crippen LogP contribution in [0.15, 0.2) is 24.4 Å². The summed E-state index contributed by atoms with van der Waals surface area (Å²) in [6, 6.07) is 4.72. The topological polar surface area (TPSA) is 110 Å². The van der Waals surface area contributed by atoms with Crippen LogP contribution in [0.1, 0.15) is 28.5 Å². The molecule has 0 unspecified atom stereocenters. The molecule has 1 aromatic carbocycles. The first-order valence-corrected chi connectivity index (χ1v) is 7.08. The van der Waals surface area contributed by atoms with E-state index in [4.69, 9.17) is 11.0 Å². The summed E-state index contributed by atoms with van der Waals surface area (Å²) in [7, 11) is 1.04. The van der Waals surface area contributed by atoms with Gasteiger partial charge in [-0.1, -0.05) is 0 Å². The second-order valence-electron chi connectivity index (χ2n) is 5.19. The number of esters is 1. The molecule has 3 N–H and O–H groups in total. The van der Waals surface area contributed by atoms with Gasteiger partial charge in [0.25, 0.3) is 0 Å². The number of anilines is 2. The Kier molecular flexibility index (Phi) is 4.93. The highest BCUT2D eigenvalue weighted by molar-refractivity contribution is 5.96. The number of aromatic nitrogens is 1. The lowest BCUT2D eigenvalue weighted by Gasteiger charge is -2.17. The molecule has 0 fully saturated rings. The molecule has 136 valence electrons. The van der Waals surface area contributed by atoms with E-state index in [2.05, 4.69) is 10.1 Å². The number of nitrogens with zero attached hydrogens (tertiary/aromatic N) is 2. The zero-order valence-corrected chi connectivity index (χ0v) is 13.6. The van der Waals surface area contributed by atoms with Gasteiger partial charge in [0, 0.05) is 18.8 Å². The van der Waals surface area contributed by atoms with Gasteiger partial charge in [-0.2, -0.15) is 18.4 Å². The van der Waals surface area contributed by atoms with E-state index in [-0.39, 0.29) is 16.9 Å². The molecule has 1 amide bonds. The van der Waals surface area contributed by atoms with E-state index in [9.17, 15) is 22.8 Å². The number of methoxy groups -OCH3 is 1. The highest BCUT2D eigenvalue weighted by Gasteiger charge is 2.36. The average Bonchev–Trinajstić information content (AvgIpc) is 2.89. The van der Waals surface area contributed by atoms with Crippen molar-refractivity contribution in [2.24, 2.45) is 0 Å². The van der Waals surface area contributed by atoms with Gasteiger partial charge in [-0.05, 0) is 18.2 Å². The van der Waals surface area contributed by atoms with Crippen LogP contribution in [0.25, 0.3) is 5.69 Å². The molecule has 7 nitrogen and oxygen atoms in total. The van der Waals surface area contributed by atoms with Crippen LogP contribution in [0.4, 0.5) is 24.5 Å². The molecule has 1 heterocycles. The van der Waals surface area contributed by atoms with Crippen molar-refractivity contribution in [3.63, 3.8) is 0 Å². The van der Waals surface area contributed by atoms with Crippen molar-refractivity contribution in [2.45, 2.75) is 13.1 Å². The molecule has 0 bridgehead atoms. The van der Waals surface area contributed by atoms with Crippen LogP contribution in [-0.2, 0) is 15.7 Å². The monoisotopic (exact) mass is 366 g/mol. The fraction of sp³-hybridized carbons (Fsp3) is 0.188. The Morgan fingerprint density at radius 2 is 2.00 bits per heavy atom. The molecule has 0 radical (unpaired) electrons. The summed E-state index contributed by atoms with van der Waals surface area (Å²) in [6.07, 6.45) is -3.78. The molecular weight excluding hydrogens is 353 g/mol. The second-order valence-corrected chi connectivity index (χ2v) is 5.19. The molecule has 10 heteroatoms. The van der Waals surface area contributed by atoms with Crippen molar-refractivity contribution < 1.29 is 27.5 Å². The lowest BCUT2D eigenvalue weighted by atomic mass is 10.1. The number of nitrogens with two attached hydrogens (primary N) is 1. The van der Waals surface area contributed by atoms with Crippen molar-refractivity contribution >= 4 is 23.3 Å². The molecule has 0 atom stereocenters. The van der Waals surface area contributed by atoms with Gasteiger partial charge in [-0.3, -0.25) is 4.79 Å². The maximum atomic E-state index is 13.5. The summed E-state index contributed by atoms with van der Waals surface area (Å²) in [4.78, 5) is 23.0. The predicted molar refractivity (Wildman–Crippen MR) is 85.5 cm³/mol. The van der Waals surface area contributed by atoms with Gasteiger partial charge in [0.15, 0.2) is 5.69 Å². The van der Waals surface area contributed by atoms with E-state index in [1.165, 1.54) is 6.07 Å². The summed E-state index contributed by atoms with van der Waals surface area (Å²) >= 11 is 0. The Morgan fingerprint density at radius 1 is 1.35 bits per heavy atom. The summed E-state index contributed by atoms with van der Waals surface area (Å²) in [5.41, 5.74) is 3.18. The van der Waals surface area contributed by atoms with Crippen molar-refractivity contribution in [1.29, 1.82) is 5.26 Å². The largest absolute Gasteiger partial charge is 0.464 e. The van der Waals surface area contributed by atoms with Gasteiger partial charge in [0.2, 0.25) is 5.91 Å². The van der Waals surface area contributed by atoms with Crippen LogP contribution in [0.3, 0.4) is 0 Å². The quantitative estimate of drug-likeness (QED) is 0.812. The van der Waals surface area contributed by atoms with Gasteiger partial charge in [0.05, 0.1) is 29.6 Å². The lowest BCUT2D eigenvalue weighted by molar-refractivity contribution is -0.137. The number of alkyl halides is 3. The number of ether oxygens (including phenoxy) is 1. The zero-order chi connectivity index (χ0) is 19.6. The molecular formula is C16H13F3N4O3. The number of hydrogen-bond acceptors (Lipinski definition) is 5. The van der Waals surface area contributed by atoms with Crippen LogP contribution in [0.5, 0.6) is 0 Å². The van der Waals surface area contributed by atoms with E-state index in [1.54, 1.807) is 6.07 Å². The SMILES string of the molecule is COC(=O)c1c(N)c(C#N)cn1-c1ccc(NC(C)=O)cc1C(F)(F)F. The third kappa shape index (κ3) is 3.46. The third-order valence-electron chi connectivity index (χ3n) is 3.43. The number of benzene rings is 1. The standard InChI is InChI=1S/C16H13F3N4O3/c1-8(24)22-10-3-4-12(11(5-10)16(17,18)19)23-7-9(6-20)13(21)14(23)15(25)26-2/h3-5,7H,21H2,1-2H3,(H,22,24). The number of carbonyl (C=O) groups is 2. The minimum atomic E-state index is -4.80. The first-order valence-electron chi connectivity index (χ1n) is 7.08. The minimum Gasteiger partial charge on any atom is -0.464 e. The number of hydrogen-bond donors (Lipinski definition) is 2. The average molecular weight is 366 g/mol. The molecule has 0 aliphatic heterocycles. The summed E-state index contributed by atoms with van der Waals surface area (Å²) in [5, 5.41) is 11.3. The second kappa shape index (κ2) is 6.79. The van der Waals surface area contributed by atoms with Gasteiger partial charge in [-0.25, -0.2) is 4.79 Å². The molecule has 2 rings (SSSR count). The fourth-order valence-electron chi connectivity index (χ4n) is 2.36. The first-order chi connectivity index (χ1) is 12.1. The van der Waals surface area contributed by atoms with E-state index in [0.717, 1.165) is 36.9 Å². The van der Waals surface area contributed by atoms with E-state index < -0.39 is 35.0 Å². The lowest BCUT2D eigenvalue weighted by Crippen LogP contribution is -2.16. The molecule has 26 heavy (non-hydrogen) atoms. The summed E-state index contributed by atoms with van der Waals surface area (Å²) in [6.45, 7) is 1.16. The van der Waals surface area contributed by atoms with Gasteiger partial charge in [-0.15, -0.1) is 0 Å².